The van der Waals surface area contributed by atoms with Crippen LogP contribution in [-0.4, -0.2) is 54.8 Å². The molecule has 0 atom stereocenters. The number of aromatic nitrogens is 2. The molecule has 168 valence electrons. The average molecular weight is 478 g/mol. The van der Waals surface area contributed by atoms with Gasteiger partial charge in [-0.2, -0.15) is 9.29 Å². The number of ether oxygens (including phenoxy) is 2. The highest BCUT2D eigenvalue weighted by Gasteiger charge is 2.21. The van der Waals surface area contributed by atoms with Crippen LogP contribution in [0.5, 0.6) is 11.5 Å². The predicted octanol–water partition coefficient (Wildman–Crippen LogP) is 2.96. The Morgan fingerprint density at radius 2 is 1.91 bits per heavy atom. The molecule has 4 rings (SSSR count). The first kappa shape index (κ1) is 22.1. The topological polar surface area (TPSA) is 126 Å². The van der Waals surface area contributed by atoms with Crippen LogP contribution in [0.15, 0.2) is 53.6 Å². The van der Waals surface area contributed by atoms with Crippen LogP contribution in [0.25, 0.3) is 0 Å². The zero-order chi connectivity index (χ0) is 22.7. The third-order valence-corrected chi connectivity index (χ3v) is 6.82. The number of likely N-dealkylation sites (N-methyl/N-ethyl adjacent to an activating group) is 1. The molecule has 0 unspecified atom stereocenters. The number of benzene rings is 2. The second kappa shape index (κ2) is 9.17. The van der Waals surface area contributed by atoms with Crippen LogP contribution in [0.1, 0.15) is 0 Å². The van der Waals surface area contributed by atoms with Crippen molar-refractivity contribution >= 4 is 44.8 Å². The van der Waals surface area contributed by atoms with E-state index in [1.165, 1.54) is 19.2 Å². The smallest absolute Gasteiger partial charge is 0.242 e. The zero-order valence-corrected chi connectivity index (χ0v) is 18.5. The highest BCUT2D eigenvalue weighted by atomic mass is 35.5. The maximum Gasteiger partial charge on any atom is 0.242 e. The van der Waals surface area contributed by atoms with Gasteiger partial charge in [-0.15, -0.1) is 0 Å². The van der Waals surface area contributed by atoms with Crippen molar-refractivity contribution in [1.82, 2.24) is 14.3 Å². The molecule has 2 heterocycles. The van der Waals surface area contributed by atoms with Crippen molar-refractivity contribution in [3.8, 4) is 11.5 Å². The average Bonchev–Trinajstić information content (AvgIpc) is 3.26. The van der Waals surface area contributed by atoms with Gasteiger partial charge in [-0.25, -0.2) is 13.4 Å². The Bertz CT molecular complexity index is 1220. The Labute approximate surface area is 189 Å². The number of nitrogens with zero attached hydrogens (tertiary/aromatic N) is 3. The fourth-order valence-electron chi connectivity index (χ4n) is 2.96. The molecule has 1 aliphatic heterocycles. The van der Waals surface area contributed by atoms with Gasteiger partial charge in [-0.05, 0) is 42.5 Å². The fraction of sp³-hybridized carbons (Fsp3) is 0.200. The summed E-state index contributed by atoms with van der Waals surface area (Å²) in [6.45, 7) is -0.128. The number of nitrogens with one attached hydrogen (secondary N) is 2. The van der Waals surface area contributed by atoms with E-state index < -0.39 is 10.0 Å². The maximum absolute atomic E-state index is 12.4. The van der Waals surface area contributed by atoms with E-state index in [9.17, 15) is 8.42 Å². The van der Waals surface area contributed by atoms with E-state index in [2.05, 4.69) is 20.6 Å². The van der Waals surface area contributed by atoms with Crippen molar-refractivity contribution in [2.75, 3.05) is 37.6 Å². The summed E-state index contributed by atoms with van der Waals surface area (Å²) in [4.78, 5) is 8.72. The summed E-state index contributed by atoms with van der Waals surface area (Å²) in [6.07, 6.45) is 1.56. The van der Waals surface area contributed by atoms with E-state index in [-0.39, 0.29) is 24.8 Å². The molecule has 0 fully saturated rings. The molecular formula is C20H20ClN5O5S. The van der Waals surface area contributed by atoms with E-state index in [0.717, 1.165) is 4.31 Å². The van der Waals surface area contributed by atoms with Gasteiger partial charge in [0, 0.05) is 25.5 Å². The molecule has 3 aromatic rings. The van der Waals surface area contributed by atoms with Gasteiger partial charge < -0.3 is 25.2 Å². The van der Waals surface area contributed by atoms with Crippen LogP contribution in [0, 0.1) is 0 Å². The Morgan fingerprint density at radius 1 is 1.12 bits per heavy atom. The first-order valence-electron chi connectivity index (χ1n) is 9.51. The number of hydrogen-bond acceptors (Lipinski definition) is 9. The van der Waals surface area contributed by atoms with Crippen molar-refractivity contribution in [3.63, 3.8) is 0 Å². The summed E-state index contributed by atoms with van der Waals surface area (Å²) in [5, 5.41) is 15.6. The molecule has 1 aromatic heterocycles. The highest BCUT2D eigenvalue weighted by Crippen LogP contribution is 2.44. The normalized spacial score (nSPS) is 12.8. The number of anilines is 4. The molecule has 0 saturated heterocycles. The minimum absolute atomic E-state index is 0.0156. The van der Waals surface area contributed by atoms with Gasteiger partial charge in [0.2, 0.25) is 22.8 Å². The van der Waals surface area contributed by atoms with Crippen LogP contribution in [-0.2, 0) is 10.0 Å². The minimum atomic E-state index is -3.67. The van der Waals surface area contributed by atoms with Crippen molar-refractivity contribution in [1.29, 1.82) is 0 Å². The number of hydrogen-bond donors (Lipinski definition) is 3. The standard InChI is InChI=1S/C20H20ClN5O5S/c1-26(10-11-27)32(28,29)14-4-2-13(3-5-14)23-20-22-9-8-17(25-20)24-18-15(21)6-7-16-19(18)31-12-30-16/h2-9,27H,10-12H2,1H3,(H2,22,23,24,25). The Morgan fingerprint density at radius 3 is 2.66 bits per heavy atom. The summed E-state index contributed by atoms with van der Waals surface area (Å²) >= 11 is 6.30. The maximum atomic E-state index is 12.4. The lowest BCUT2D eigenvalue weighted by Crippen LogP contribution is -2.29. The van der Waals surface area contributed by atoms with Crippen LogP contribution in [0.4, 0.5) is 23.1 Å². The van der Waals surface area contributed by atoms with Crippen molar-refractivity contribution in [3.05, 3.63) is 53.7 Å². The molecule has 0 saturated carbocycles. The first-order chi connectivity index (χ1) is 15.4. The molecule has 0 spiro atoms. The molecule has 2 aromatic carbocycles. The number of aliphatic hydroxyl groups is 1. The van der Waals surface area contributed by atoms with Gasteiger partial charge >= 0.3 is 0 Å². The summed E-state index contributed by atoms with van der Waals surface area (Å²) in [7, 11) is -2.26. The molecule has 1 aliphatic rings. The summed E-state index contributed by atoms with van der Waals surface area (Å²) < 4.78 is 36.8. The van der Waals surface area contributed by atoms with Gasteiger partial charge in [-0.3, -0.25) is 0 Å². The Kier molecular flexibility index (Phi) is 6.33. The number of halogens is 1. The van der Waals surface area contributed by atoms with Crippen LogP contribution in [0.2, 0.25) is 5.02 Å². The SMILES string of the molecule is CN(CCO)S(=O)(=O)c1ccc(Nc2nccc(Nc3c(Cl)ccc4c3OCO4)n2)cc1. The largest absolute Gasteiger partial charge is 0.454 e. The Hall–Kier alpha value is -3.12. The van der Waals surface area contributed by atoms with Crippen molar-refractivity contribution < 1.29 is 23.0 Å². The van der Waals surface area contributed by atoms with Crippen LogP contribution < -0.4 is 20.1 Å². The second-order valence-corrected chi connectivity index (χ2v) is 9.20. The third kappa shape index (κ3) is 4.55. The molecular weight excluding hydrogens is 458 g/mol. The van der Waals surface area contributed by atoms with Crippen molar-refractivity contribution in [2.24, 2.45) is 0 Å². The number of rotatable bonds is 8. The lowest BCUT2D eigenvalue weighted by Gasteiger charge is -2.16. The molecule has 0 bridgehead atoms. The molecule has 10 nitrogen and oxygen atoms in total. The number of fused-ring (bicyclic) bond motifs is 1. The van der Waals surface area contributed by atoms with Gasteiger partial charge in [0.05, 0.1) is 16.5 Å². The molecule has 3 N–H and O–H groups in total. The van der Waals surface area contributed by atoms with Gasteiger partial charge in [0.25, 0.3) is 0 Å². The molecule has 0 aliphatic carbocycles. The van der Waals surface area contributed by atoms with Crippen LogP contribution in [0.3, 0.4) is 0 Å². The predicted molar refractivity (Wildman–Crippen MR) is 120 cm³/mol. The van der Waals surface area contributed by atoms with E-state index >= 15 is 0 Å². The minimum Gasteiger partial charge on any atom is -0.454 e. The Balaban J connectivity index is 1.50. The lowest BCUT2D eigenvalue weighted by atomic mass is 10.2. The number of sulfonamides is 1. The monoisotopic (exact) mass is 477 g/mol. The molecule has 32 heavy (non-hydrogen) atoms. The van der Waals surface area contributed by atoms with Gasteiger partial charge in [-0.1, -0.05) is 11.6 Å². The molecule has 0 radical (unpaired) electrons. The quantitative estimate of drug-likeness (QED) is 0.448. The summed E-state index contributed by atoms with van der Waals surface area (Å²) in [5.74, 6) is 1.86. The summed E-state index contributed by atoms with van der Waals surface area (Å²) in [6, 6.07) is 11.3. The van der Waals surface area contributed by atoms with Gasteiger partial charge in [0.15, 0.2) is 11.5 Å². The van der Waals surface area contributed by atoms with E-state index in [0.29, 0.717) is 39.7 Å². The lowest BCUT2D eigenvalue weighted by molar-refractivity contribution is 0.174. The fourth-order valence-corrected chi connectivity index (χ4v) is 4.32. The van der Waals surface area contributed by atoms with E-state index in [1.807, 2.05) is 0 Å². The van der Waals surface area contributed by atoms with E-state index in [1.54, 1.807) is 36.5 Å². The van der Waals surface area contributed by atoms with Crippen LogP contribution >= 0.6 is 11.6 Å². The summed E-state index contributed by atoms with van der Waals surface area (Å²) in [5.41, 5.74) is 1.13. The van der Waals surface area contributed by atoms with Crippen molar-refractivity contribution in [2.45, 2.75) is 4.90 Å². The molecule has 12 heteroatoms. The first-order valence-corrected chi connectivity index (χ1v) is 11.3. The highest BCUT2D eigenvalue weighted by molar-refractivity contribution is 7.89. The molecule has 0 amide bonds. The van der Waals surface area contributed by atoms with E-state index in [4.69, 9.17) is 26.2 Å². The zero-order valence-electron chi connectivity index (χ0n) is 16.9. The third-order valence-electron chi connectivity index (χ3n) is 4.63. The second-order valence-electron chi connectivity index (χ2n) is 6.75. The van der Waals surface area contributed by atoms with Gasteiger partial charge in [0.1, 0.15) is 11.5 Å². The number of aliphatic hydroxyl groups excluding tert-OH is 1.